The Morgan fingerprint density at radius 3 is 2.56 bits per heavy atom. The van der Waals surface area contributed by atoms with Crippen LogP contribution in [-0.4, -0.2) is 16.6 Å². The number of rotatable bonds is 3. The zero-order valence-corrected chi connectivity index (χ0v) is 14.4. The van der Waals surface area contributed by atoms with Crippen LogP contribution in [-0.2, 0) is 0 Å². The van der Waals surface area contributed by atoms with Crippen molar-refractivity contribution in [3.05, 3.63) is 82.1 Å². The fraction of sp³-hybridized carbons (Fsp3) is 0.111. The minimum absolute atomic E-state index is 0.217. The molecule has 2 aromatic heterocycles. The van der Waals surface area contributed by atoms with Crippen molar-refractivity contribution in [3.8, 4) is 0 Å². The number of hydrazone groups is 1. The Kier molecular flexibility index (Phi) is 4.11. The van der Waals surface area contributed by atoms with E-state index in [-0.39, 0.29) is 17.7 Å². The predicted molar refractivity (Wildman–Crippen MR) is 93.9 cm³/mol. The van der Waals surface area contributed by atoms with E-state index in [1.165, 1.54) is 11.3 Å². The van der Waals surface area contributed by atoms with E-state index in [1.807, 2.05) is 12.1 Å². The van der Waals surface area contributed by atoms with Crippen LogP contribution in [0.1, 0.15) is 34.3 Å². The van der Waals surface area contributed by atoms with Gasteiger partial charge in [0.15, 0.2) is 5.76 Å². The fourth-order valence-corrected chi connectivity index (χ4v) is 3.09. The summed E-state index contributed by atoms with van der Waals surface area (Å²) in [5.74, 6) is 0.511. The Bertz CT molecular complexity index is 933. The number of halogens is 2. The topological polar surface area (TPSA) is 59.0 Å². The van der Waals surface area contributed by atoms with Gasteiger partial charge in [0.05, 0.1) is 28.6 Å². The molecule has 0 bridgehead atoms. The van der Waals surface area contributed by atoms with Crippen molar-refractivity contribution < 1.29 is 13.6 Å². The van der Waals surface area contributed by atoms with Gasteiger partial charge >= 0.3 is 5.91 Å². The summed E-state index contributed by atoms with van der Waals surface area (Å²) in [4.78, 5) is 12.8. The molecule has 0 spiro atoms. The van der Waals surface area contributed by atoms with Crippen molar-refractivity contribution in [2.45, 2.75) is 12.5 Å². The molecule has 25 heavy (non-hydrogen) atoms. The fourth-order valence-electron chi connectivity index (χ4n) is 2.78. The molecule has 1 aromatic carbocycles. The van der Waals surface area contributed by atoms with E-state index in [1.54, 1.807) is 36.6 Å². The lowest BCUT2D eigenvalue weighted by atomic mass is 10.0. The average molecular weight is 375 g/mol. The summed E-state index contributed by atoms with van der Waals surface area (Å²) in [6.45, 7) is 0. The summed E-state index contributed by atoms with van der Waals surface area (Å²) in [6, 6.07) is 11.8. The second kappa shape index (κ2) is 6.43. The summed E-state index contributed by atoms with van der Waals surface area (Å²) < 4.78 is 10.7. The minimum Gasteiger partial charge on any atom is -0.463 e. The first-order chi connectivity index (χ1) is 12.1. The van der Waals surface area contributed by atoms with Crippen LogP contribution in [0, 0.1) is 0 Å². The molecule has 4 rings (SSSR count). The van der Waals surface area contributed by atoms with E-state index in [0.717, 1.165) is 5.56 Å². The first kappa shape index (κ1) is 16.0. The number of amides is 1. The normalized spacial score (nSPS) is 17.0. The van der Waals surface area contributed by atoms with Crippen LogP contribution in [0.15, 0.2) is 68.9 Å². The van der Waals surface area contributed by atoms with E-state index in [0.29, 0.717) is 27.9 Å². The summed E-state index contributed by atoms with van der Waals surface area (Å²) in [5, 5.41) is 6.75. The van der Waals surface area contributed by atoms with Gasteiger partial charge in [-0.25, -0.2) is 5.01 Å². The van der Waals surface area contributed by atoms with Crippen LogP contribution >= 0.6 is 23.2 Å². The molecule has 3 heterocycles. The highest BCUT2D eigenvalue weighted by atomic mass is 35.5. The van der Waals surface area contributed by atoms with Crippen molar-refractivity contribution in [3.63, 3.8) is 0 Å². The van der Waals surface area contributed by atoms with E-state index in [4.69, 9.17) is 32.0 Å². The first-order valence-electron chi connectivity index (χ1n) is 7.57. The SMILES string of the molecule is O=C(c1ccco1)N1N=C(c2ccco2)C[C@H]1c1ccc(Cl)c(Cl)c1. The molecule has 0 saturated heterocycles. The van der Waals surface area contributed by atoms with Crippen LogP contribution in [0.4, 0.5) is 0 Å². The lowest BCUT2D eigenvalue weighted by Crippen LogP contribution is -2.26. The first-order valence-corrected chi connectivity index (χ1v) is 8.32. The van der Waals surface area contributed by atoms with Crippen LogP contribution in [0.5, 0.6) is 0 Å². The summed E-state index contributed by atoms with van der Waals surface area (Å²) in [5.41, 5.74) is 1.51. The van der Waals surface area contributed by atoms with Crippen molar-refractivity contribution in [1.82, 2.24) is 5.01 Å². The van der Waals surface area contributed by atoms with Crippen molar-refractivity contribution in [2.24, 2.45) is 5.10 Å². The van der Waals surface area contributed by atoms with Gasteiger partial charge in [0.2, 0.25) is 0 Å². The molecular formula is C18H12Cl2N2O3. The smallest absolute Gasteiger partial charge is 0.310 e. The molecule has 7 heteroatoms. The zero-order chi connectivity index (χ0) is 17.4. The molecule has 1 aliphatic heterocycles. The van der Waals surface area contributed by atoms with Gasteiger partial charge in [-0.05, 0) is 42.0 Å². The van der Waals surface area contributed by atoms with E-state index >= 15 is 0 Å². The molecule has 1 amide bonds. The largest absolute Gasteiger partial charge is 0.463 e. The van der Waals surface area contributed by atoms with Gasteiger partial charge in [-0.15, -0.1) is 0 Å². The molecule has 3 aromatic rings. The Morgan fingerprint density at radius 1 is 1.08 bits per heavy atom. The zero-order valence-electron chi connectivity index (χ0n) is 12.9. The highest BCUT2D eigenvalue weighted by Gasteiger charge is 2.35. The Morgan fingerprint density at radius 2 is 1.88 bits per heavy atom. The third-order valence-corrected chi connectivity index (χ3v) is 4.72. The lowest BCUT2D eigenvalue weighted by Gasteiger charge is -2.21. The number of hydrogen-bond donors (Lipinski definition) is 0. The van der Waals surface area contributed by atoms with E-state index in [2.05, 4.69) is 5.10 Å². The van der Waals surface area contributed by atoms with Crippen molar-refractivity contribution in [1.29, 1.82) is 0 Å². The molecule has 5 nitrogen and oxygen atoms in total. The summed E-state index contributed by atoms with van der Waals surface area (Å²) in [6.07, 6.45) is 3.52. The number of carbonyl (C=O) groups is 1. The number of carbonyl (C=O) groups excluding carboxylic acids is 1. The van der Waals surface area contributed by atoms with Crippen LogP contribution in [0.25, 0.3) is 0 Å². The second-order valence-corrected chi connectivity index (χ2v) is 6.36. The molecule has 1 atom stereocenters. The third kappa shape index (κ3) is 2.97. The van der Waals surface area contributed by atoms with Crippen molar-refractivity contribution >= 4 is 34.8 Å². The highest BCUT2D eigenvalue weighted by molar-refractivity contribution is 6.42. The van der Waals surface area contributed by atoms with Gasteiger partial charge in [0.25, 0.3) is 0 Å². The van der Waals surface area contributed by atoms with Crippen LogP contribution in [0.2, 0.25) is 10.0 Å². The molecule has 0 saturated carbocycles. The molecule has 1 aliphatic rings. The minimum atomic E-state index is -0.331. The molecule has 0 unspecified atom stereocenters. The molecule has 0 N–H and O–H groups in total. The van der Waals surface area contributed by atoms with Gasteiger partial charge in [-0.1, -0.05) is 29.3 Å². The summed E-state index contributed by atoms with van der Waals surface area (Å²) in [7, 11) is 0. The van der Waals surface area contributed by atoms with Gasteiger partial charge in [0.1, 0.15) is 11.5 Å². The summed E-state index contributed by atoms with van der Waals surface area (Å²) >= 11 is 12.2. The Hall–Kier alpha value is -2.50. The van der Waals surface area contributed by atoms with Crippen LogP contribution < -0.4 is 0 Å². The molecule has 0 fully saturated rings. The Balaban J connectivity index is 1.74. The maximum atomic E-state index is 12.8. The molecule has 126 valence electrons. The average Bonchev–Trinajstić information content (AvgIpc) is 3.37. The molecule has 0 radical (unpaired) electrons. The maximum Gasteiger partial charge on any atom is 0.310 e. The van der Waals surface area contributed by atoms with Gasteiger partial charge < -0.3 is 8.83 Å². The van der Waals surface area contributed by atoms with Gasteiger partial charge in [-0.3, -0.25) is 4.79 Å². The highest BCUT2D eigenvalue weighted by Crippen LogP contribution is 2.36. The van der Waals surface area contributed by atoms with Crippen molar-refractivity contribution in [2.75, 3.05) is 0 Å². The monoisotopic (exact) mass is 374 g/mol. The van der Waals surface area contributed by atoms with E-state index in [9.17, 15) is 4.79 Å². The maximum absolute atomic E-state index is 12.8. The molecule has 0 aliphatic carbocycles. The number of nitrogens with zero attached hydrogens (tertiary/aromatic N) is 2. The number of benzene rings is 1. The standard InChI is InChI=1S/C18H12Cl2N2O3/c19-12-6-5-11(9-13(12)20)15-10-14(16-3-1-7-24-16)21-22(15)18(23)17-4-2-8-25-17/h1-9,15H,10H2/t15-/m0/s1. The molecular weight excluding hydrogens is 363 g/mol. The Labute approximate surface area is 153 Å². The number of furan rings is 2. The third-order valence-electron chi connectivity index (χ3n) is 3.98. The second-order valence-electron chi connectivity index (χ2n) is 5.54. The van der Waals surface area contributed by atoms with Crippen LogP contribution in [0.3, 0.4) is 0 Å². The van der Waals surface area contributed by atoms with Gasteiger partial charge in [-0.2, -0.15) is 5.10 Å². The van der Waals surface area contributed by atoms with Gasteiger partial charge in [0, 0.05) is 6.42 Å². The van der Waals surface area contributed by atoms with E-state index < -0.39 is 0 Å². The lowest BCUT2D eigenvalue weighted by molar-refractivity contribution is 0.0678. The predicted octanol–water partition coefficient (Wildman–Crippen LogP) is 5.17. The quantitative estimate of drug-likeness (QED) is 0.635. The number of hydrogen-bond acceptors (Lipinski definition) is 4.